The van der Waals surface area contributed by atoms with E-state index in [9.17, 15) is 4.79 Å². The van der Waals surface area contributed by atoms with Gasteiger partial charge >= 0.3 is 6.03 Å². The van der Waals surface area contributed by atoms with Gasteiger partial charge < -0.3 is 20.5 Å². The van der Waals surface area contributed by atoms with E-state index in [0.29, 0.717) is 18.0 Å². The first kappa shape index (κ1) is 16.8. The van der Waals surface area contributed by atoms with Crippen LogP contribution in [-0.4, -0.2) is 30.4 Å². The normalized spacial score (nSPS) is 11.6. The van der Waals surface area contributed by atoms with Crippen LogP contribution < -0.4 is 15.4 Å². The zero-order chi connectivity index (χ0) is 16.5. The van der Waals surface area contributed by atoms with Crippen molar-refractivity contribution in [3.63, 3.8) is 0 Å². The number of hydrogen-bond donors (Lipinski definition) is 3. The van der Waals surface area contributed by atoms with Gasteiger partial charge in [0, 0.05) is 6.42 Å². The number of rotatable bonds is 7. The van der Waals surface area contributed by atoms with Crippen LogP contribution in [0.2, 0.25) is 0 Å². The van der Waals surface area contributed by atoms with E-state index in [4.69, 9.17) is 9.84 Å². The molecule has 2 aromatic rings. The standard InChI is InChI=1S/C18H22N2O3/c1-14(13-21)19-18(22)20-16-9-5-6-10-17(16)23-12-11-15-7-3-2-4-8-15/h2-10,14,21H,11-13H2,1H3,(H2,19,20,22)/t14-/m1/s1. The Labute approximate surface area is 136 Å². The molecule has 0 radical (unpaired) electrons. The second kappa shape index (κ2) is 8.80. The highest BCUT2D eigenvalue weighted by atomic mass is 16.5. The fourth-order valence-corrected chi connectivity index (χ4v) is 2.05. The first-order chi connectivity index (χ1) is 11.2. The van der Waals surface area contributed by atoms with Crippen molar-refractivity contribution < 1.29 is 14.6 Å². The summed E-state index contributed by atoms with van der Waals surface area (Å²) >= 11 is 0. The molecule has 2 amide bonds. The van der Waals surface area contributed by atoms with E-state index < -0.39 is 0 Å². The lowest BCUT2D eigenvalue weighted by Crippen LogP contribution is -2.38. The molecule has 2 aromatic carbocycles. The molecule has 0 unspecified atom stereocenters. The second-order valence-electron chi connectivity index (χ2n) is 5.26. The number of aliphatic hydroxyl groups is 1. The number of benzene rings is 2. The van der Waals surface area contributed by atoms with Crippen molar-refractivity contribution in [2.75, 3.05) is 18.5 Å². The zero-order valence-corrected chi connectivity index (χ0v) is 13.2. The molecular formula is C18H22N2O3. The van der Waals surface area contributed by atoms with E-state index in [1.807, 2.05) is 36.4 Å². The summed E-state index contributed by atoms with van der Waals surface area (Å²) in [5.74, 6) is 0.621. The average Bonchev–Trinajstić information content (AvgIpc) is 2.57. The Bertz CT molecular complexity index is 617. The van der Waals surface area contributed by atoms with Gasteiger partial charge in [0.1, 0.15) is 5.75 Å². The Morgan fingerprint density at radius 2 is 1.83 bits per heavy atom. The van der Waals surface area contributed by atoms with Crippen LogP contribution in [0.3, 0.4) is 0 Å². The highest BCUT2D eigenvalue weighted by Crippen LogP contribution is 2.23. The van der Waals surface area contributed by atoms with Crippen molar-refractivity contribution in [3.8, 4) is 5.75 Å². The lowest BCUT2D eigenvalue weighted by molar-refractivity contribution is 0.229. The van der Waals surface area contributed by atoms with Gasteiger partial charge in [0.2, 0.25) is 0 Å². The minimum absolute atomic E-state index is 0.108. The summed E-state index contributed by atoms with van der Waals surface area (Å²) in [6.45, 7) is 2.14. The van der Waals surface area contributed by atoms with Crippen LogP contribution in [0.5, 0.6) is 5.75 Å². The summed E-state index contributed by atoms with van der Waals surface area (Å²) in [5, 5.41) is 14.3. The van der Waals surface area contributed by atoms with Gasteiger partial charge in [0.15, 0.2) is 0 Å². The molecular weight excluding hydrogens is 292 g/mol. The van der Waals surface area contributed by atoms with Gasteiger partial charge in [-0.15, -0.1) is 0 Å². The fourth-order valence-electron chi connectivity index (χ4n) is 2.05. The molecule has 0 bridgehead atoms. The molecule has 0 saturated carbocycles. The van der Waals surface area contributed by atoms with Crippen LogP contribution in [-0.2, 0) is 6.42 Å². The van der Waals surface area contributed by atoms with Crippen molar-refractivity contribution in [2.45, 2.75) is 19.4 Å². The lowest BCUT2D eigenvalue weighted by Gasteiger charge is -2.15. The van der Waals surface area contributed by atoms with Crippen LogP contribution in [0.1, 0.15) is 12.5 Å². The quantitative estimate of drug-likeness (QED) is 0.736. The molecule has 0 fully saturated rings. The van der Waals surface area contributed by atoms with Crippen LogP contribution in [0, 0.1) is 0 Å². The van der Waals surface area contributed by atoms with Gasteiger partial charge in [0.25, 0.3) is 0 Å². The first-order valence-electron chi connectivity index (χ1n) is 7.63. The number of para-hydroxylation sites is 2. The minimum Gasteiger partial charge on any atom is -0.491 e. The van der Waals surface area contributed by atoms with E-state index in [2.05, 4.69) is 22.8 Å². The average molecular weight is 314 g/mol. The maximum absolute atomic E-state index is 11.8. The van der Waals surface area contributed by atoms with Gasteiger partial charge in [-0.05, 0) is 24.6 Å². The van der Waals surface area contributed by atoms with E-state index in [0.717, 1.165) is 6.42 Å². The predicted molar refractivity (Wildman–Crippen MR) is 90.8 cm³/mol. The van der Waals surface area contributed by atoms with Crippen molar-refractivity contribution in [3.05, 3.63) is 60.2 Å². The third kappa shape index (κ3) is 5.64. The monoisotopic (exact) mass is 314 g/mol. The van der Waals surface area contributed by atoms with Gasteiger partial charge in [-0.3, -0.25) is 0 Å². The Morgan fingerprint density at radius 1 is 1.13 bits per heavy atom. The van der Waals surface area contributed by atoms with Crippen LogP contribution in [0.25, 0.3) is 0 Å². The summed E-state index contributed by atoms with van der Waals surface area (Å²) < 4.78 is 5.78. The van der Waals surface area contributed by atoms with E-state index >= 15 is 0 Å². The van der Waals surface area contributed by atoms with Gasteiger partial charge in [0.05, 0.1) is 24.9 Å². The minimum atomic E-state index is -0.370. The number of hydrogen-bond acceptors (Lipinski definition) is 3. The van der Waals surface area contributed by atoms with Crippen molar-refractivity contribution in [1.82, 2.24) is 5.32 Å². The third-order valence-electron chi connectivity index (χ3n) is 3.28. The summed E-state index contributed by atoms with van der Waals surface area (Å²) in [7, 11) is 0. The van der Waals surface area contributed by atoms with Crippen LogP contribution in [0.15, 0.2) is 54.6 Å². The molecule has 0 aliphatic rings. The predicted octanol–water partition coefficient (Wildman–Crippen LogP) is 2.81. The molecule has 1 atom stereocenters. The maximum atomic E-state index is 11.8. The Morgan fingerprint density at radius 3 is 2.57 bits per heavy atom. The number of anilines is 1. The van der Waals surface area contributed by atoms with E-state index in [-0.39, 0.29) is 18.7 Å². The van der Waals surface area contributed by atoms with Gasteiger partial charge in [-0.25, -0.2) is 4.79 Å². The largest absolute Gasteiger partial charge is 0.491 e. The number of urea groups is 1. The molecule has 0 aliphatic heterocycles. The molecule has 2 rings (SSSR count). The second-order valence-corrected chi connectivity index (χ2v) is 5.26. The van der Waals surface area contributed by atoms with Crippen LogP contribution in [0.4, 0.5) is 10.5 Å². The Kier molecular flexibility index (Phi) is 6.44. The van der Waals surface area contributed by atoms with Crippen molar-refractivity contribution >= 4 is 11.7 Å². The molecule has 0 saturated heterocycles. The number of amides is 2. The van der Waals surface area contributed by atoms with E-state index in [1.165, 1.54) is 5.56 Å². The molecule has 3 N–H and O–H groups in total. The van der Waals surface area contributed by atoms with Gasteiger partial charge in [-0.2, -0.15) is 0 Å². The molecule has 5 nitrogen and oxygen atoms in total. The smallest absolute Gasteiger partial charge is 0.319 e. The van der Waals surface area contributed by atoms with Crippen molar-refractivity contribution in [2.24, 2.45) is 0 Å². The zero-order valence-electron chi connectivity index (χ0n) is 13.2. The third-order valence-corrected chi connectivity index (χ3v) is 3.28. The Balaban J connectivity index is 1.90. The number of ether oxygens (including phenoxy) is 1. The SMILES string of the molecule is C[C@H](CO)NC(=O)Nc1ccccc1OCCc1ccccc1. The van der Waals surface area contributed by atoms with Crippen LogP contribution >= 0.6 is 0 Å². The highest BCUT2D eigenvalue weighted by molar-refractivity contribution is 5.91. The number of carbonyl (C=O) groups excluding carboxylic acids is 1. The topological polar surface area (TPSA) is 70.6 Å². The molecule has 23 heavy (non-hydrogen) atoms. The summed E-state index contributed by atoms with van der Waals surface area (Å²) in [4.78, 5) is 11.8. The molecule has 0 heterocycles. The fraction of sp³-hybridized carbons (Fsp3) is 0.278. The van der Waals surface area contributed by atoms with Gasteiger partial charge in [-0.1, -0.05) is 42.5 Å². The molecule has 0 aliphatic carbocycles. The maximum Gasteiger partial charge on any atom is 0.319 e. The number of carbonyl (C=O) groups is 1. The molecule has 0 spiro atoms. The molecule has 0 aromatic heterocycles. The molecule has 122 valence electrons. The van der Waals surface area contributed by atoms with Crippen molar-refractivity contribution in [1.29, 1.82) is 0 Å². The van der Waals surface area contributed by atoms with E-state index in [1.54, 1.807) is 13.0 Å². The summed E-state index contributed by atoms with van der Waals surface area (Å²) in [6.07, 6.45) is 0.795. The summed E-state index contributed by atoms with van der Waals surface area (Å²) in [5.41, 5.74) is 1.80. The Hall–Kier alpha value is -2.53. The number of aliphatic hydroxyl groups excluding tert-OH is 1. The molecule has 5 heteroatoms. The lowest BCUT2D eigenvalue weighted by atomic mass is 10.2. The number of nitrogens with one attached hydrogen (secondary N) is 2. The first-order valence-corrected chi connectivity index (χ1v) is 7.63. The highest BCUT2D eigenvalue weighted by Gasteiger charge is 2.09. The summed E-state index contributed by atoms with van der Waals surface area (Å²) in [6, 6.07) is 16.7.